The lowest BCUT2D eigenvalue weighted by atomic mass is 9.80. The summed E-state index contributed by atoms with van der Waals surface area (Å²) < 4.78 is 15.6. The molecule has 0 saturated heterocycles. The normalized spacial score (nSPS) is 21.0. The molecule has 2 atom stereocenters. The highest BCUT2D eigenvalue weighted by Crippen LogP contribution is 2.40. The Kier molecular flexibility index (Phi) is 3.55. The third kappa shape index (κ3) is 2.13. The number of hydrogen-bond acceptors (Lipinski definition) is 2. The molecular weight excluding hydrogens is 251 g/mol. The molecule has 0 aromatic heterocycles. The minimum absolute atomic E-state index is 0.0387. The molecule has 0 radical (unpaired) electrons. The predicted octanol–water partition coefficient (Wildman–Crippen LogP) is 2.70. The molecule has 0 bridgehead atoms. The van der Waals surface area contributed by atoms with Gasteiger partial charge in [0.2, 0.25) is 0 Å². The minimum atomic E-state index is -1.59. The van der Waals surface area contributed by atoms with Crippen molar-refractivity contribution < 1.29 is 4.39 Å². The number of benzene rings is 2. The smallest absolute Gasteiger partial charge is 0.167 e. The van der Waals surface area contributed by atoms with Gasteiger partial charge in [-0.25, -0.2) is 4.39 Å². The third-order valence-corrected chi connectivity index (χ3v) is 4.12. The third-order valence-electron chi connectivity index (χ3n) is 4.12. The Morgan fingerprint density at radius 2 is 1.80 bits per heavy atom. The Labute approximate surface area is 118 Å². The van der Waals surface area contributed by atoms with Crippen molar-refractivity contribution in [3.8, 4) is 0 Å². The van der Waals surface area contributed by atoms with E-state index >= 15 is 4.39 Å². The van der Waals surface area contributed by atoms with Gasteiger partial charge in [-0.05, 0) is 29.7 Å². The van der Waals surface area contributed by atoms with Crippen LogP contribution >= 0.6 is 0 Å². The number of rotatable bonds is 3. The molecule has 3 N–H and O–H groups in total. The minimum Gasteiger partial charge on any atom is -0.327 e. The van der Waals surface area contributed by atoms with Gasteiger partial charge >= 0.3 is 0 Å². The summed E-state index contributed by atoms with van der Waals surface area (Å²) in [6.45, 7) is 0.739. The number of halogens is 1. The van der Waals surface area contributed by atoms with Crippen molar-refractivity contribution in [2.75, 3.05) is 13.1 Å². The van der Waals surface area contributed by atoms with E-state index in [2.05, 4.69) is 11.4 Å². The summed E-state index contributed by atoms with van der Waals surface area (Å²) in [6.07, 6.45) is 0.933. The van der Waals surface area contributed by atoms with Crippen LogP contribution < -0.4 is 11.1 Å². The van der Waals surface area contributed by atoms with Gasteiger partial charge in [0.05, 0.1) is 6.04 Å². The average molecular weight is 270 g/mol. The van der Waals surface area contributed by atoms with E-state index in [1.165, 1.54) is 5.56 Å². The lowest BCUT2D eigenvalue weighted by Gasteiger charge is -2.38. The van der Waals surface area contributed by atoms with E-state index in [1.54, 1.807) is 0 Å². The molecule has 2 unspecified atom stereocenters. The molecule has 0 fully saturated rings. The van der Waals surface area contributed by atoms with Gasteiger partial charge in [0.1, 0.15) is 0 Å². The Balaban J connectivity index is 2.07. The Hall–Kier alpha value is -1.71. The number of alkyl halides is 1. The molecule has 2 nitrogen and oxygen atoms in total. The van der Waals surface area contributed by atoms with Gasteiger partial charge in [-0.15, -0.1) is 0 Å². The van der Waals surface area contributed by atoms with Gasteiger partial charge in [-0.2, -0.15) is 0 Å². The fraction of sp³-hybridized carbons (Fsp3) is 0.294. The summed E-state index contributed by atoms with van der Waals surface area (Å²) in [7, 11) is 0. The van der Waals surface area contributed by atoms with Gasteiger partial charge < -0.3 is 11.1 Å². The molecule has 0 saturated carbocycles. The van der Waals surface area contributed by atoms with Gasteiger partial charge in [0, 0.05) is 6.54 Å². The molecular formula is C17H19FN2. The molecule has 1 heterocycles. The van der Waals surface area contributed by atoms with Gasteiger partial charge in [-0.3, -0.25) is 0 Å². The lowest BCUT2D eigenvalue weighted by Crippen LogP contribution is -2.46. The molecule has 1 aliphatic rings. The molecule has 3 heteroatoms. The van der Waals surface area contributed by atoms with Crippen LogP contribution in [0.1, 0.15) is 22.7 Å². The molecule has 0 spiro atoms. The Morgan fingerprint density at radius 3 is 2.55 bits per heavy atom. The summed E-state index contributed by atoms with van der Waals surface area (Å²) in [5.41, 5.74) is 7.10. The SMILES string of the molecule is NCC(F)(c1ccccc1)C1NCCc2ccccc21. The first-order valence-electron chi connectivity index (χ1n) is 7.01. The topological polar surface area (TPSA) is 38.0 Å². The van der Waals surface area contributed by atoms with Crippen molar-refractivity contribution in [2.45, 2.75) is 18.1 Å². The maximum absolute atomic E-state index is 15.6. The number of fused-ring (bicyclic) bond motifs is 1. The van der Waals surface area contributed by atoms with Crippen molar-refractivity contribution in [1.82, 2.24) is 5.32 Å². The van der Waals surface area contributed by atoms with E-state index in [0.717, 1.165) is 18.5 Å². The standard InChI is InChI=1S/C17H19FN2/c18-17(12-19,14-7-2-1-3-8-14)16-15-9-5-4-6-13(15)10-11-20-16/h1-9,16,20H,10-12,19H2. The molecule has 1 aliphatic heterocycles. The zero-order chi connectivity index (χ0) is 14.0. The maximum Gasteiger partial charge on any atom is 0.167 e. The highest BCUT2D eigenvalue weighted by molar-refractivity contribution is 5.38. The molecule has 3 rings (SSSR count). The van der Waals surface area contributed by atoms with Crippen LogP contribution in [0.15, 0.2) is 54.6 Å². The largest absolute Gasteiger partial charge is 0.327 e. The van der Waals surface area contributed by atoms with E-state index in [4.69, 9.17) is 5.73 Å². The van der Waals surface area contributed by atoms with Gasteiger partial charge in [-0.1, -0.05) is 54.6 Å². The molecule has 2 aromatic rings. The van der Waals surface area contributed by atoms with Crippen molar-refractivity contribution in [3.05, 3.63) is 71.3 Å². The predicted molar refractivity (Wildman–Crippen MR) is 79.2 cm³/mol. The monoisotopic (exact) mass is 270 g/mol. The Morgan fingerprint density at radius 1 is 1.10 bits per heavy atom. The first-order chi connectivity index (χ1) is 9.75. The molecule has 104 valence electrons. The molecule has 2 aromatic carbocycles. The Bertz CT molecular complexity index is 585. The van der Waals surface area contributed by atoms with Crippen LogP contribution in [0.4, 0.5) is 4.39 Å². The van der Waals surface area contributed by atoms with E-state index in [9.17, 15) is 0 Å². The van der Waals surface area contributed by atoms with Gasteiger partial charge in [0.25, 0.3) is 0 Å². The second-order valence-corrected chi connectivity index (χ2v) is 5.27. The van der Waals surface area contributed by atoms with Crippen LogP contribution in [-0.2, 0) is 12.1 Å². The van der Waals surface area contributed by atoms with Crippen molar-refractivity contribution in [1.29, 1.82) is 0 Å². The second-order valence-electron chi connectivity index (χ2n) is 5.27. The average Bonchev–Trinajstić information content (AvgIpc) is 2.54. The first kappa shape index (κ1) is 13.3. The maximum atomic E-state index is 15.6. The van der Waals surface area contributed by atoms with E-state index < -0.39 is 5.67 Å². The molecule has 0 aliphatic carbocycles. The van der Waals surface area contributed by atoms with Crippen molar-refractivity contribution >= 4 is 0 Å². The fourth-order valence-corrected chi connectivity index (χ4v) is 3.03. The summed E-state index contributed by atoms with van der Waals surface area (Å²) in [5, 5.41) is 3.31. The molecule has 0 amide bonds. The summed E-state index contributed by atoms with van der Waals surface area (Å²) in [6, 6.07) is 16.9. The lowest BCUT2D eigenvalue weighted by molar-refractivity contribution is 0.108. The van der Waals surface area contributed by atoms with Gasteiger partial charge in [0.15, 0.2) is 5.67 Å². The van der Waals surface area contributed by atoms with E-state index in [0.29, 0.717) is 5.56 Å². The van der Waals surface area contributed by atoms with Crippen LogP contribution in [0.3, 0.4) is 0 Å². The highest BCUT2D eigenvalue weighted by Gasteiger charge is 2.42. The summed E-state index contributed by atoms with van der Waals surface area (Å²) in [4.78, 5) is 0. The summed E-state index contributed by atoms with van der Waals surface area (Å²) >= 11 is 0. The van der Waals surface area contributed by atoms with E-state index in [-0.39, 0.29) is 12.6 Å². The van der Waals surface area contributed by atoms with Crippen LogP contribution in [-0.4, -0.2) is 13.1 Å². The van der Waals surface area contributed by atoms with Crippen molar-refractivity contribution in [2.24, 2.45) is 5.73 Å². The van der Waals surface area contributed by atoms with E-state index in [1.807, 2.05) is 48.5 Å². The highest BCUT2D eigenvalue weighted by atomic mass is 19.1. The first-order valence-corrected chi connectivity index (χ1v) is 7.01. The quantitative estimate of drug-likeness (QED) is 0.900. The van der Waals surface area contributed by atoms with Crippen molar-refractivity contribution in [3.63, 3.8) is 0 Å². The summed E-state index contributed by atoms with van der Waals surface area (Å²) in [5.74, 6) is 0. The van der Waals surface area contributed by atoms with Crippen LogP contribution in [0.25, 0.3) is 0 Å². The van der Waals surface area contributed by atoms with Crippen LogP contribution in [0.5, 0.6) is 0 Å². The zero-order valence-electron chi connectivity index (χ0n) is 11.4. The zero-order valence-corrected chi connectivity index (χ0v) is 11.4. The second kappa shape index (κ2) is 5.35. The van der Waals surface area contributed by atoms with Crippen LogP contribution in [0.2, 0.25) is 0 Å². The number of nitrogens with one attached hydrogen (secondary N) is 1. The number of nitrogens with two attached hydrogens (primary N) is 1. The van der Waals surface area contributed by atoms with Crippen LogP contribution in [0, 0.1) is 0 Å². The fourth-order valence-electron chi connectivity index (χ4n) is 3.03. The number of hydrogen-bond donors (Lipinski definition) is 2. The molecule has 20 heavy (non-hydrogen) atoms.